The Balaban J connectivity index is 1.61. The van der Waals surface area contributed by atoms with Crippen LogP contribution in [0.4, 0.5) is 0 Å². The summed E-state index contributed by atoms with van der Waals surface area (Å²) in [6, 6.07) is 0. The van der Waals surface area contributed by atoms with Gasteiger partial charge in [-0.25, -0.2) is 14.5 Å². The lowest BCUT2D eigenvalue weighted by molar-refractivity contribution is -0.140. The number of Topliss-reactive ketones (excluding diaryl/α,β-unsaturated/α-hetero) is 1. The van der Waals surface area contributed by atoms with E-state index < -0.39 is 0 Å². The fraction of sp³-hybridized carbons (Fsp3) is 0.579. The second kappa shape index (κ2) is 7.33. The predicted molar refractivity (Wildman–Crippen MR) is 92.4 cm³/mol. The fourth-order valence-electron chi connectivity index (χ4n) is 3.95. The number of ether oxygens (including phenoxy) is 1. The molecule has 0 aliphatic heterocycles. The number of carbonyl (C=O) groups excluding carboxylic acids is 2. The highest BCUT2D eigenvalue weighted by molar-refractivity contribution is 5.98. The summed E-state index contributed by atoms with van der Waals surface area (Å²) in [6.45, 7) is 8.85. The minimum atomic E-state index is -0.348. The van der Waals surface area contributed by atoms with E-state index in [0.29, 0.717) is 30.4 Å². The van der Waals surface area contributed by atoms with Gasteiger partial charge in [-0.1, -0.05) is 19.1 Å². The molecule has 0 amide bonds. The summed E-state index contributed by atoms with van der Waals surface area (Å²) >= 11 is 0. The Morgan fingerprint density at radius 1 is 1.40 bits per heavy atom. The van der Waals surface area contributed by atoms with Gasteiger partial charge in [-0.15, -0.1) is 0 Å². The normalized spacial score (nSPS) is 26.3. The topological polar surface area (TPSA) is 74.1 Å². The van der Waals surface area contributed by atoms with Crippen molar-refractivity contribution in [1.29, 1.82) is 0 Å². The van der Waals surface area contributed by atoms with Crippen LogP contribution in [0.5, 0.6) is 0 Å². The maximum atomic E-state index is 12.4. The van der Waals surface area contributed by atoms with Crippen molar-refractivity contribution in [2.75, 3.05) is 6.61 Å². The van der Waals surface area contributed by atoms with Crippen LogP contribution in [0, 0.1) is 17.8 Å². The molecule has 3 rings (SSSR count). The summed E-state index contributed by atoms with van der Waals surface area (Å²) in [4.78, 5) is 28.3. The summed E-state index contributed by atoms with van der Waals surface area (Å²) in [5, 5.41) is 3.97. The molecule has 0 aromatic carbocycles. The monoisotopic (exact) mass is 343 g/mol. The van der Waals surface area contributed by atoms with E-state index in [1.165, 1.54) is 11.9 Å². The molecule has 0 spiro atoms. The van der Waals surface area contributed by atoms with Gasteiger partial charge >= 0.3 is 5.97 Å². The lowest BCUT2D eigenvalue weighted by Crippen LogP contribution is -2.18. The van der Waals surface area contributed by atoms with Crippen LogP contribution in [0.15, 0.2) is 36.0 Å². The number of esters is 1. The standard InChI is InChI=1S/C19H25N3O3/c1-12-4-5-15(8-17-14(3)18(23)9-16(12)17)13(2)19(24)25-7-6-22-11-20-10-21-22/h10-12,15-16H,2,4-9H2,1,3H3/t12-,15+,16-/m0/s1. The van der Waals surface area contributed by atoms with E-state index in [9.17, 15) is 9.59 Å². The number of aromatic nitrogens is 3. The molecule has 0 bridgehead atoms. The summed E-state index contributed by atoms with van der Waals surface area (Å²) < 4.78 is 6.96. The highest BCUT2D eigenvalue weighted by Crippen LogP contribution is 2.45. The van der Waals surface area contributed by atoms with Gasteiger partial charge in [0, 0.05) is 12.0 Å². The average Bonchev–Trinajstić information content (AvgIpc) is 3.16. The number of fused-ring (bicyclic) bond motifs is 1. The van der Waals surface area contributed by atoms with Crippen LogP contribution in [0.3, 0.4) is 0 Å². The van der Waals surface area contributed by atoms with E-state index in [1.54, 1.807) is 11.0 Å². The number of hydrogen-bond donors (Lipinski definition) is 0. The second-order valence-corrected chi connectivity index (χ2v) is 7.16. The highest BCUT2D eigenvalue weighted by atomic mass is 16.5. The number of ketones is 1. The summed E-state index contributed by atoms with van der Waals surface area (Å²) in [5.74, 6) is 0.778. The van der Waals surface area contributed by atoms with E-state index in [-0.39, 0.29) is 24.3 Å². The summed E-state index contributed by atoms with van der Waals surface area (Å²) in [6.07, 6.45) is 6.34. The molecule has 2 aliphatic rings. The first kappa shape index (κ1) is 17.6. The van der Waals surface area contributed by atoms with Gasteiger partial charge in [-0.05, 0) is 49.5 Å². The Bertz CT molecular complexity index is 706. The van der Waals surface area contributed by atoms with Crippen molar-refractivity contribution < 1.29 is 14.3 Å². The minimum absolute atomic E-state index is 0.0576. The molecule has 6 nitrogen and oxygen atoms in total. The van der Waals surface area contributed by atoms with Gasteiger partial charge in [0.05, 0.1) is 6.54 Å². The molecule has 6 heteroatoms. The zero-order chi connectivity index (χ0) is 18.0. The Hall–Kier alpha value is -2.24. The Morgan fingerprint density at radius 3 is 2.92 bits per heavy atom. The molecule has 0 unspecified atom stereocenters. The van der Waals surface area contributed by atoms with Crippen LogP contribution < -0.4 is 0 Å². The van der Waals surface area contributed by atoms with Crippen LogP contribution in [-0.4, -0.2) is 33.1 Å². The molecule has 1 saturated carbocycles. The molecule has 1 aromatic rings. The average molecular weight is 343 g/mol. The third kappa shape index (κ3) is 3.72. The molecular weight excluding hydrogens is 318 g/mol. The van der Waals surface area contributed by atoms with E-state index in [1.807, 2.05) is 6.92 Å². The molecule has 3 atom stereocenters. The predicted octanol–water partition coefficient (Wildman–Crippen LogP) is 2.72. The van der Waals surface area contributed by atoms with Crippen molar-refractivity contribution in [2.24, 2.45) is 17.8 Å². The maximum absolute atomic E-state index is 12.4. The van der Waals surface area contributed by atoms with Gasteiger partial charge in [0.25, 0.3) is 0 Å². The molecule has 0 N–H and O–H groups in total. The van der Waals surface area contributed by atoms with Gasteiger partial charge < -0.3 is 4.74 Å². The Labute approximate surface area is 148 Å². The Kier molecular flexibility index (Phi) is 5.16. The molecule has 1 aromatic heterocycles. The van der Waals surface area contributed by atoms with Crippen LogP contribution in [0.25, 0.3) is 0 Å². The largest absolute Gasteiger partial charge is 0.460 e. The van der Waals surface area contributed by atoms with Crippen molar-refractivity contribution in [2.45, 2.75) is 46.1 Å². The van der Waals surface area contributed by atoms with E-state index in [4.69, 9.17) is 4.74 Å². The molecule has 0 radical (unpaired) electrons. The van der Waals surface area contributed by atoms with E-state index in [0.717, 1.165) is 24.8 Å². The lowest BCUT2D eigenvalue weighted by Gasteiger charge is -2.19. The molecule has 1 fully saturated rings. The van der Waals surface area contributed by atoms with Gasteiger partial charge in [0.15, 0.2) is 5.78 Å². The molecule has 134 valence electrons. The second-order valence-electron chi connectivity index (χ2n) is 7.16. The number of nitrogens with zero attached hydrogens (tertiary/aromatic N) is 3. The number of allylic oxidation sites excluding steroid dienone is 2. The van der Waals surface area contributed by atoms with E-state index in [2.05, 4.69) is 23.6 Å². The minimum Gasteiger partial charge on any atom is -0.460 e. The molecule has 1 heterocycles. The molecule has 25 heavy (non-hydrogen) atoms. The molecule has 0 saturated heterocycles. The van der Waals surface area contributed by atoms with Crippen molar-refractivity contribution in [3.05, 3.63) is 36.0 Å². The van der Waals surface area contributed by atoms with Crippen molar-refractivity contribution in [3.8, 4) is 0 Å². The summed E-state index contributed by atoms with van der Waals surface area (Å²) in [5.41, 5.74) is 2.65. The number of rotatable bonds is 5. The van der Waals surface area contributed by atoms with Crippen molar-refractivity contribution in [1.82, 2.24) is 14.8 Å². The third-order valence-electron chi connectivity index (χ3n) is 5.65. The Morgan fingerprint density at radius 2 is 2.20 bits per heavy atom. The van der Waals surface area contributed by atoms with Crippen molar-refractivity contribution in [3.63, 3.8) is 0 Å². The molecular formula is C19H25N3O3. The smallest absolute Gasteiger partial charge is 0.333 e. The first-order valence-corrected chi connectivity index (χ1v) is 8.88. The van der Waals surface area contributed by atoms with Gasteiger partial charge in [-0.2, -0.15) is 5.10 Å². The van der Waals surface area contributed by atoms with Crippen LogP contribution in [-0.2, 0) is 20.9 Å². The first-order chi connectivity index (χ1) is 12.0. The van der Waals surface area contributed by atoms with Crippen molar-refractivity contribution >= 4 is 11.8 Å². The SMILES string of the molecule is C=C(C(=O)OCCn1cncn1)[C@@H]1CC[C@H](C)[C@@H]2CC(=O)C(C)=C2C1. The van der Waals surface area contributed by atoms with Crippen LogP contribution in [0.1, 0.15) is 39.5 Å². The lowest BCUT2D eigenvalue weighted by atomic mass is 9.86. The van der Waals surface area contributed by atoms with Gasteiger partial charge in [0.1, 0.15) is 19.3 Å². The zero-order valence-corrected chi connectivity index (χ0v) is 14.9. The van der Waals surface area contributed by atoms with Crippen LogP contribution >= 0.6 is 0 Å². The first-order valence-electron chi connectivity index (χ1n) is 8.88. The summed E-state index contributed by atoms with van der Waals surface area (Å²) in [7, 11) is 0. The highest BCUT2D eigenvalue weighted by Gasteiger charge is 2.38. The van der Waals surface area contributed by atoms with Gasteiger partial charge in [-0.3, -0.25) is 4.79 Å². The number of carbonyl (C=O) groups is 2. The third-order valence-corrected chi connectivity index (χ3v) is 5.65. The van der Waals surface area contributed by atoms with Gasteiger partial charge in [0.2, 0.25) is 0 Å². The zero-order valence-electron chi connectivity index (χ0n) is 14.9. The number of hydrogen-bond acceptors (Lipinski definition) is 5. The fourth-order valence-corrected chi connectivity index (χ4v) is 3.95. The van der Waals surface area contributed by atoms with Crippen LogP contribution in [0.2, 0.25) is 0 Å². The van der Waals surface area contributed by atoms with E-state index >= 15 is 0 Å². The molecule has 2 aliphatic carbocycles. The maximum Gasteiger partial charge on any atom is 0.333 e. The quantitative estimate of drug-likeness (QED) is 0.607.